The lowest BCUT2D eigenvalue weighted by Crippen LogP contribution is -2.08. The number of hydrogen-bond acceptors (Lipinski definition) is 4. The van der Waals surface area contributed by atoms with Crippen LogP contribution in [-0.4, -0.2) is 21.0 Å². The lowest BCUT2D eigenvalue weighted by molar-refractivity contribution is 0.0690. The molecule has 0 aliphatic heterocycles. The molecule has 0 amide bonds. The average Bonchev–Trinajstić information content (AvgIpc) is 2.36. The molecule has 0 saturated heterocycles. The third-order valence-corrected chi connectivity index (χ3v) is 3.97. The number of rotatable bonds is 4. The molecule has 2 rings (SSSR count). The highest BCUT2D eigenvalue weighted by Gasteiger charge is 2.17. The molecular weight excluding hydrogens is 296 g/mol. The second-order valence-electron chi connectivity index (χ2n) is 4.26. The number of aromatic nitrogens is 2. The lowest BCUT2D eigenvalue weighted by atomic mass is 10.2. The molecule has 1 N–H and O–H groups in total. The molecule has 4 nitrogen and oxygen atoms in total. The first-order valence-corrected chi connectivity index (χ1v) is 7.29. The van der Waals surface area contributed by atoms with Crippen LogP contribution in [0.4, 0.5) is 0 Å². The van der Waals surface area contributed by atoms with Crippen LogP contribution in [0.3, 0.4) is 0 Å². The molecule has 104 valence electrons. The molecule has 2 aromatic rings. The van der Waals surface area contributed by atoms with Crippen LogP contribution < -0.4 is 0 Å². The van der Waals surface area contributed by atoms with E-state index in [1.54, 1.807) is 13.8 Å². The van der Waals surface area contributed by atoms with Gasteiger partial charge in [-0.1, -0.05) is 23.7 Å². The van der Waals surface area contributed by atoms with Gasteiger partial charge in [-0.3, -0.25) is 0 Å². The van der Waals surface area contributed by atoms with Gasteiger partial charge in [0.1, 0.15) is 16.4 Å². The van der Waals surface area contributed by atoms with E-state index >= 15 is 0 Å². The van der Waals surface area contributed by atoms with Crippen LogP contribution in [-0.2, 0) is 5.75 Å². The lowest BCUT2D eigenvalue weighted by Gasteiger charge is -2.08. The molecule has 0 radical (unpaired) electrons. The Kier molecular flexibility index (Phi) is 4.62. The SMILES string of the molecule is Cc1nc(C)c(C(=O)O)c(SCc2ccc(Cl)cc2)n1. The monoisotopic (exact) mass is 308 g/mol. The number of benzene rings is 1. The number of carboxylic acids is 1. The predicted molar refractivity (Wildman–Crippen MR) is 79.5 cm³/mol. The Morgan fingerprint density at radius 2 is 1.90 bits per heavy atom. The van der Waals surface area contributed by atoms with Crippen molar-refractivity contribution in [3.63, 3.8) is 0 Å². The fourth-order valence-electron chi connectivity index (χ4n) is 1.76. The highest BCUT2D eigenvalue weighted by molar-refractivity contribution is 7.98. The number of thioether (sulfide) groups is 1. The number of aryl methyl sites for hydroxylation is 2. The minimum atomic E-state index is -0.999. The van der Waals surface area contributed by atoms with E-state index in [1.807, 2.05) is 24.3 Å². The maximum atomic E-state index is 11.3. The predicted octanol–water partition coefficient (Wildman–Crippen LogP) is 3.74. The van der Waals surface area contributed by atoms with Crippen molar-refractivity contribution >= 4 is 29.3 Å². The zero-order valence-corrected chi connectivity index (χ0v) is 12.6. The van der Waals surface area contributed by atoms with Crippen molar-refractivity contribution < 1.29 is 9.90 Å². The molecule has 6 heteroatoms. The minimum Gasteiger partial charge on any atom is -0.478 e. The summed E-state index contributed by atoms with van der Waals surface area (Å²) in [6.45, 7) is 3.44. The van der Waals surface area contributed by atoms with Crippen molar-refractivity contribution in [2.24, 2.45) is 0 Å². The molecule has 0 aliphatic carbocycles. The maximum Gasteiger partial charge on any atom is 0.340 e. The van der Waals surface area contributed by atoms with E-state index < -0.39 is 5.97 Å². The molecule has 1 aromatic carbocycles. The Balaban J connectivity index is 2.24. The van der Waals surface area contributed by atoms with Gasteiger partial charge in [-0.05, 0) is 31.5 Å². The maximum absolute atomic E-state index is 11.3. The molecule has 0 atom stereocenters. The first kappa shape index (κ1) is 14.8. The zero-order valence-electron chi connectivity index (χ0n) is 11.1. The summed E-state index contributed by atoms with van der Waals surface area (Å²) in [5, 5.41) is 10.4. The summed E-state index contributed by atoms with van der Waals surface area (Å²) in [6.07, 6.45) is 0. The second-order valence-corrected chi connectivity index (χ2v) is 5.66. The first-order chi connectivity index (χ1) is 9.47. The van der Waals surface area contributed by atoms with E-state index in [1.165, 1.54) is 11.8 Å². The van der Waals surface area contributed by atoms with Crippen LogP contribution in [0.15, 0.2) is 29.3 Å². The molecule has 0 fully saturated rings. The van der Waals surface area contributed by atoms with Gasteiger partial charge in [0.2, 0.25) is 0 Å². The Hall–Kier alpha value is -1.59. The molecule has 0 unspecified atom stereocenters. The number of aromatic carboxylic acids is 1. The third kappa shape index (κ3) is 3.49. The minimum absolute atomic E-state index is 0.176. The van der Waals surface area contributed by atoms with Gasteiger partial charge in [-0.2, -0.15) is 0 Å². The Labute approximate surface area is 126 Å². The van der Waals surface area contributed by atoms with Gasteiger partial charge in [0.15, 0.2) is 0 Å². The molecular formula is C14H13ClN2O2S. The summed E-state index contributed by atoms with van der Waals surface area (Å²) in [5.41, 5.74) is 1.72. The summed E-state index contributed by atoms with van der Waals surface area (Å²) in [6, 6.07) is 7.45. The Morgan fingerprint density at radius 3 is 2.50 bits per heavy atom. The van der Waals surface area contributed by atoms with E-state index in [9.17, 15) is 9.90 Å². The van der Waals surface area contributed by atoms with Crippen molar-refractivity contribution in [3.8, 4) is 0 Å². The van der Waals surface area contributed by atoms with Gasteiger partial charge in [0.25, 0.3) is 0 Å². The highest BCUT2D eigenvalue weighted by Crippen LogP contribution is 2.26. The van der Waals surface area contributed by atoms with Gasteiger partial charge >= 0.3 is 5.97 Å². The second kappa shape index (κ2) is 6.24. The highest BCUT2D eigenvalue weighted by atomic mass is 35.5. The van der Waals surface area contributed by atoms with E-state index in [-0.39, 0.29) is 5.56 Å². The van der Waals surface area contributed by atoms with E-state index in [0.29, 0.717) is 27.3 Å². The van der Waals surface area contributed by atoms with Crippen LogP contribution in [0, 0.1) is 13.8 Å². The quantitative estimate of drug-likeness (QED) is 0.688. The normalized spacial score (nSPS) is 10.6. The summed E-state index contributed by atoms with van der Waals surface area (Å²) >= 11 is 7.22. The standard InChI is InChI=1S/C14H13ClN2O2S/c1-8-12(14(18)19)13(17-9(2)16-8)20-7-10-3-5-11(15)6-4-10/h3-6H,7H2,1-2H3,(H,18,19). The van der Waals surface area contributed by atoms with Gasteiger partial charge in [0.05, 0.1) is 5.69 Å². The number of carboxylic acid groups (broad SMARTS) is 1. The number of halogens is 1. The van der Waals surface area contributed by atoms with Gasteiger partial charge in [0, 0.05) is 10.8 Å². The topological polar surface area (TPSA) is 63.1 Å². The Bertz CT molecular complexity index is 644. The van der Waals surface area contributed by atoms with E-state index in [0.717, 1.165) is 5.56 Å². The fourth-order valence-corrected chi connectivity index (χ4v) is 2.96. The van der Waals surface area contributed by atoms with Crippen molar-refractivity contribution in [2.45, 2.75) is 24.6 Å². The number of nitrogens with zero attached hydrogens (tertiary/aromatic N) is 2. The third-order valence-electron chi connectivity index (χ3n) is 2.67. The fraction of sp³-hybridized carbons (Fsp3) is 0.214. The van der Waals surface area contributed by atoms with Crippen molar-refractivity contribution in [1.82, 2.24) is 9.97 Å². The molecule has 0 saturated carbocycles. The molecule has 20 heavy (non-hydrogen) atoms. The van der Waals surface area contributed by atoms with Crippen molar-refractivity contribution in [1.29, 1.82) is 0 Å². The molecule has 0 spiro atoms. The van der Waals surface area contributed by atoms with Crippen LogP contribution in [0.25, 0.3) is 0 Å². The number of hydrogen-bond donors (Lipinski definition) is 1. The summed E-state index contributed by atoms with van der Waals surface area (Å²) < 4.78 is 0. The van der Waals surface area contributed by atoms with Crippen LogP contribution in [0.5, 0.6) is 0 Å². The van der Waals surface area contributed by atoms with E-state index in [2.05, 4.69) is 9.97 Å². The largest absolute Gasteiger partial charge is 0.478 e. The smallest absolute Gasteiger partial charge is 0.340 e. The molecule has 1 aromatic heterocycles. The molecule has 0 bridgehead atoms. The Morgan fingerprint density at radius 1 is 1.25 bits per heavy atom. The average molecular weight is 309 g/mol. The van der Waals surface area contributed by atoms with Gasteiger partial charge in [-0.15, -0.1) is 11.8 Å². The molecule has 0 aliphatic rings. The van der Waals surface area contributed by atoms with Crippen LogP contribution in [0.2, 0.25) is 5.02 Å². The first-order valence-electron chi connectivity index (χ1n) is 5.93. The summed E-state index contributed by atoms with van der Waals surface area (Å²) in [7, 11) is 0. The summed E-state index contributed by atoms with van der Waals surface area (Å²) in [5.74, 6) is 0.208. The van der Waals surface area contributed by atoms with Gasteiger partial charge < -0.3 is 5.11 Å². The van der Waals surface area contributed by atoms with Crippen molar-refractivity contribution in [2.75, 3.05) is 0 Å². The van der Waals surface area contributed by atoms with E-state index in [4.69, 9.17) is 11.6 Å². The van der Waals surface area contributed by atoms with Crippen molar-refractivity contribution in [3.05, 3.63) is 51.9 Å². The number of carbonyl (C=O) groups is 1. The van der Waals surface area contributed by atoms with Crippen LogP contribution in [0.1, 0.15) is 27.4 Å². The van der Waals surface area contributed by atoms with Gasteiger partial charge in [-0.25, -0.2) is 14.8 Å². The summed E-state index contributed by atoms with van der Waals surface area (Å²) in [4.78, 5) is 19.6. The molecule has 1 heterocycles. The van der Waals surface area contributed by atoms with Crippen LogP contribution >= 0.6 is 23.4 Å². The zero-order chi connectivity index (χ0) is 14.7.